The molecule has 0 amide bonds. The molecule has 1 rings (SSSR count). The van der Waals surface area contributed by atoms with Crippen LogP contribution in [-0.4, -0.2) is 17.8 Å². The number of hydrogen-bond donors (Lipinski definition) is 2. The summed E-state index contributed by atoms with van der Waals surface area (Å²) in [5, 5.41) is 8.62. The van der Waals surface area contributed by atoms with Crippen LogP contribution in [0.1, 0.15) is 12.0 Å². The smallest absolute Gasteiger partial charge is 0.0448 e. The minimum absolute atomic E-state index is 0.0507. The third-order valence-electron chi connectivity index (χ3n) is 1.80. The van der Waals surface area contributed by atoms with E-state index in [1.165, 1.54) is 0 Å². The SMILES string of the molecule is NC(/C=C/c1ccccc1)CCO. The maximum absolute atomic E-state index is 8.62. The number of aliphatic hydroxyl groups excluding tert-OH is 1. The Labute approximate surface area is 78.7 Å². The van der Waals surface area contributed by atoms with Gasteiger partial charge in [-0.2, -0.15) is 0 Å². The molecule has 13 heavy (non-hydrogen) atoms. The van der Waals surface area contributed by atoms with Crippen LogP contribution in [0.15, 0.2) is 36.4 Å². The molecule has 0 aliphatic carbocycles. The maximum Gasteiger partial charge on any atom is 0.0448 e. The van der Waals surface area contributed by atoms with Gasteiger partial charge in [0, 0.05) is 12.6 Å². The van der Waals surface area contributed by atoms with Gasteiger partial charge < -0.3 is 10.8 Å². The van der Waals surface area contributed by atoms with Crippen molar-refractivity contribution in [3.8, 4) is 0 Å². The monoisotopic (exact) mass is 177 g/mol. The molecule has 2 nitrogen and oxygen atoms in total. The van der Waals surface area contributed by atoms with Crippen LogP contribution < -0.4 is 5.73 Å². The molecule has 1 aromatic carbocycles. The summed E-state index contributed by atoms with van der Waals surface area (Å²) in [4.78, 5) is 0. The summed E-state index contributed by atoms with van der Waals surface area (Å²) in [5.74, 6) is 0. The van der Waals surface area contributed by atoms with Crippen LogP contribution in [0.25, 0.3) is 6.08 Å². The number of hydrogen-bond acceptors (Lipinski definition) is 2. The Kier molecular flexibility index (Phi) is 4.23. The lowest BCUT2D eigenvalue weighted by atomic mass is 10.1. The normalized spacial score (nSPS) is 13.4. The van der Waals surface area contributed by atoms with Crippen molar-refractivity contribution in [3.63, 3.8) is 0 Å². The minimum Gasteiger partial charge on any atom is -0.396 e. The molecule has 1 aromatic rings. The fourth-order valence-electron chi connectivity index (χ4n) is 1.04. The fraction of sp³-hybridized carbons (Fsp3) is 0.273. The molecular formula is C11H15NO. The van der Waals surface area contributed by atoms with Crippen LogP contribution in [-0.2, 0) is 0 Å². The predicted octanol–water partition coefficient (Wildman–Crippen LogP) is 1.41. The highest BCUT2D eigenvalue weighted by Crippen LogP contribution is 2.02. The molecule has 0 radical (unpaired) electrons. The summed E-state index contributed by atoms with van der Waals surface area (Å²) in [6, 6.07) is 9.93. The third kappa shape index (κ3) is 3.87. The first-order valence-corrected chi connectivity index (χ1v) is 4.42. The zero-order chi connectivity index (χ0) is 9.52. The first-order valence-electron chi connectivity index (χ1n) is 4.42. The first-order chi connectivity index (χ1) is 6.33. The molecule has 1 atom stereocenters. The standard InChI is InChI=1S/C11H15NO/c12-11(8-9-13)7-6-10-4-2-1-3-5-10/h1-7,11,13H,8-9,12H2/b7-6+. The summed E-state index contributed by atoms with van der Waals surface area (Å²) in [6.07, 6.45) is 4.50. The van der Waals surface area contributed by atoms with Gasteiger partial charge in [0.15, 0.2) is 0 Å². The zero-order valence-electron chi connectivity index (χ0n) is 7.56. The van der Waals surface area contributed by atoms with Gasteiger partial charge in [-0.05, 0) is 12.0 Å². The van der Waals surface area contributed by atoms with Crippen LogP contribution in [0.2, 0.25) is 0 Å². The van der Waals surface area contributed by atoms with E-state index < -0.39 is 0 Å². The van der Waals surface area contributed by atoms with Crippen molar-refractivity contribution in [1.82, 2.24) is 0 Å². The molecule has 0 aromatic heterocycles. The zero-order valence-corrected chi connectivity index (χ0v) is 7.56. The molecule has 0 aliphatic rings. The Hall–Kier alpha value is -1.12. The Morgan fingerprint density at radius 3 is 2.62 bits per heavy atom. The number of nitrogens with two attached hydrogens (primary N) is 1. The van der Waals surface area contributed by atoms with E-state index in [0.29, 0.717) is 6.42 Å². The number of aliphatic hydroxyl groups is 1. The average molecular weight is 177 g/mol. The van der Waals surface area contributed by atoms with Crippen molar-refractivity contribution < 1.29 is 5.11 Å². The lowest BCUT2D eigenvalue weighted by Crippen LogP contribution is -2.17. The van der Waals surface area contributed by atoms with E-state index in [1.54, 1.807) is 0 Å². The van der Waals surface area contributed by atoms with Crippen LogP contribution in [0.3, 0.4) is 0 Å². The van der Waals surface area contributed by atoms with Gasteiger partial charge in [0.2, 0.25) is 0 Å². The second-order valence-electron chi connectivity index (χ2n) is 2.95. The van der Waals surface area contributed by atoms with E-state index in [2.05, 4.69) is 0 Å². The molecule has 0 saturated carbocycles. The Morgan fingerprint density at radius 2 is 2.00 bits per heavy atom. The van der Waals surface area contributed by atoms with Gasteiger partial charge in [0.25, 0.3) is 0 Å². The summed E-state index contributed by atoms with van der Waals surface area (Å²) in [7, 11) is 0. The lowest BCUT2D eigenvalue weighted by molar-refractivity contribution is 0.283. The molecule has 0 spiro atoms. The van der Waals surface area contributed by atoms with E-state index in [1.807, 2.05) is 42.5 Å². The molecular weight excluding hydrogens is 162 g/mol. The molecule has 0 bridgehead atoms. The molecule has 70 valence electrons. The summed E-state index contributed by atoms with van der Waals surface area (Å²) in [6.45, 7) is 0.139. The van der Waals surface area contributed by atoms with Gasteiger partial charge in [0.1, 0.15) is 0 Å². The van der Waals surface area contributed by atoms with E-state index in [-0.39, 0.29) is 12.6 Å². The maximum atomic E-state index is 8.62. The van der Waals surface area contributed by atoms with E-state index in [9.17, 15) is 0 Å². The highest BCUT2D eigenvalue weighted by molar-refractivity contribution is 5.49. The Bertz CT molecular complexity index is 256. The van der Waals surface area contributed by atoms with Crippen molar-refractivity contribution in [2.45, 2.75) is 12.5 Å². The second kappa shape index (κ2) is 5.51. The van der Waals surface area contributed by atoms with Crippen LogP contribution in [0, 0.1) is 0 Å². The van der Waals surface area contributed by atoms with Gasteiger partial charge in [-0.3, -0.25) is 0 Å². The molecule has 0 aliphatic heterocycles. The van der Waals surface area contributed by atoms with E-state index in [0.717, 1.165) is 5.56 Å². The molecule has 3 N–H and O–H groups in total. The highest BCUT2D eigenvalue weighted by atomic mass is 16.3. The average Bonchev–Trinajstić information content (AvgIpc) is 2.17. The Balaban J connectivity index is 2.49. The van der Waals surface area contributed by atoms with E-state index in [4.69, 9.17) is 10.8 Å². The second-order valence-corrected chi connectivity index (χ2v) is 2.95. The topological polar surface area (TPSA) is 46.2 Å². The van der Waals surface area contributed by atoms with Gasteiger partial charge >= 0.3 is 0 Å². The van der Waals surface area contributed by atoms with Crippen LogP contribution in [0.4, 0.5) is 0 Å². The predicted molar refractivity (Wildman–Crippen MR) is 55.2 cm³/mol. The first kappa shape index (κ1) is 9.96. The number of benzene rings is 1. The summed E-state index contributed by atoms with van der Waals surface area (Å²) < 4.78 is 0. The fourth-order valence-corrected chi connectivity index (χ4v) is 1.04. The molecule has 0 saturated heterocycles. The van der Waals surface area contributed by atoms with Crippen molar-refractivity contribution in [2.24, 2.45) is 5.73 Å². The largest absolute Gasteiger partial charge is 0.396 e. The van der Waals surface area contributed by atoms with Gasteiger partial charge in [-0.15, -0.1) is 0 Å². The molecule has 0 heterocycles. The number of rotatable bonds is 4. The molecule has 0 fully saturated rings. The quantitative estimate of drug-likeness (QED) is 0.730. The summed E-state index contributed by atoms with van der Waals surface area (Å²) >= 11 is 0. The van der Waals surface area contributed by atoms with Crippen molar-refractivity contribution >= 4 is 6.08 Å². The van der Waals surface area contributed by atoms with E-state index >= 15 is 0 Å². The third-order valence-corrected chi connectivity index (χ3v) is 1.80. The lowest BCUT2D eigenvalue weighted by Gasteiger charge is -2.01. The highest BCUT2D eigenvalue weighted by Gasteiger charge is 1.93. The van der Waals surface area contributed by atoms with Crippen molar-refractivity contribution in [1.29, 1.82) is 0 Å². The van der Waals surface area contributed by atoms with Gasteiger partial charge in [0.05, 0.1) is 0 Å². The molecule has 1 unspecified atom stereocenters. The van der Waals surface area contributed by atoms with Crippen molar-refractivity contribution in [2.75, 3.05) is 6.61 Å². The summed E-state index contributed by atoms with van der Waals surface area (Å²) in [5.41, 5.74) is 6.82. The Morgan fingerprint density at radius 1 is 1.31 bits per heavy atom. The van der Waals surface area contributed by atoms with Crippen LogP contribution in [0.5, 0.6) is 0 Å². The molecule has 2 heteroatoms. The van der Waals surface area contributed by atoms with Gasteiger partial charge in [-0.25, -0.2) is 0 Å². The minimum atomic E-state index is -0.0507. The van der Waals surface area contributed by atoms with Gasteiger partial charge in [-0.1, -0.05) is 42.5 Å². The van der Waals surface area contributed by atoms with Crippen LogP contribution >= 0.6 is 0 Å². The van der Waals surface area contributed by atoms with Crippen molar-refractivity contribution in [3.05, 3.63) is 42.0 Å².